The molecular formula is C17H34N2. The molecular weight excluding hydrogens is 232 g/mol. The van der Waals surface area contributed by atoms with Gasteiger partial charge in [-0.05, 0) is 44.9 Å². The molecule has 1 saturated carbocycles. The van der Waals surface area contributed by atoms with Crippen LogP contribution < -0.4 is 5.32 Å². The molecule has 0 radical (unpaired) electrons. The van der Waals surface area contributed by atoms with Gasteiger partial charge in [0.15, 0.2) is 0 Å². The molecule has 0 spiro atoms. The molecule has 112 valence electrons. The minimum atomic E-state index is 0.286. The van der Waals surface area contributed by atoms with Gasteiger partial charge in [-0.2, -0.15) is 0 Å². The van der Waals surface area contributed by atoms with E-state index in [2.05, 4.69) is 44.8 Å². The second-order valence-corrected chi connectivity index (χ2v) is 8.15. The van der Waals surface area contributed by atoms with Crippen molar-refractivity contribution in [1.82, 2.24) is 10.2 Å². The Bertz CT molecular complexity index is 281. The molecule has 2 heteroatoms. The van der Waals surface area contributed by atoms with Crippen LogP contribution in [0.25, 0.3) is 0 Å². The predicted molar refractivity (Wildman–Crippen MR) is 83.5 cm³/mol. The van der Waals surface area contributed by atoms with E-state index in [0.29, 0.717) is 0 Å². The molecule has 19 heavy (non-hydrogen) atoms. The quantitative estimate of drug-likeness (QED) is 0.838. The molecule has 1 saturated heterocycles. The van der Waals surface area contributed by atoms with Crippen molar-refractivity contribution in [1.29, 1.82) is 0 Å². The van der Waals surface area contributed by atoms with Gasteiger partial charge in [-0.15, -0.1) is 0 Å². The Labute approximate surface area is 120 Å². The van der Waals surface area contributed by atoms with Gasteiger partial charge in [0.25, 0.3) is 0 Å². The summed E-state index contributed by atoms with van der Waals surface area (Å²) in [4.78, 5) is 2.87. The third-order valence-electron chi connectivity index (χ3n) is 4.98. The van der Waals surface area contributed by atoms with Crippen LogP contribution in [0.5, 0.6) is 0 Å². The van der Waals surface area contributed by atoms with E-state index >= 15 is 0 Å². The molecule has 2 aliphatic rings. The van der Waals surface area contributed by atoms with Gasteiger partial charge in [-0.25, -0.2) is 0 Å². The highest BCUT2D eigenvalue weighted by molar-refractivity contribution is 4.96. The van der Waals surface area contributed by atoms with Crippen molar-refractivity contribution in [3.8, 4) is 0 Å². The van der Waals surface area contributed by atoms with E-state index in [4.69, 9.17) is 0 Å². The maximum Gasteiger partial charge on any atom is 0.0253 e. The fourth-order valence-electron chi connectivity index (χ4n) is 4.05. The first-order chi connectivity index (χ1) is 8.87. The van der Waals surface area contributed by atoms with Crippen molar-refractivity contribution in [2.75, 3.05) is 13.1 Å². The number of rotatable bonds is 3. The largest absolute Gasteiger partial charge is 0.309 e. The van der Waals surface area contributed by atoms with E-state index < -0.39 is 0 Å². The van der Waals surface area contributed by atoms with E-state index in [1.807, 2.05) is 0 Å². The Morgan fingerprint density at radius 1 is 1.26 bits per heavy atom. The summed E-state index contributed by atoms with van der Waals surface area (Å²) in [5.41, 5.74) is 0.286. The minimum Gasteiger partial charge on any atom is -0.309 e. The van der Waals surface area contributed by atoms with E-state index in [-0.39, 0.29) is 5.54 Å². The summed E-state index contributed by atoms with van der Waals surface area (Å²) >= 11 is 0. The smallest absolute Gasteiger partial charge is 0.0253 e. The Morgan fingerprint density at radius 2 is 2.00 bits per heavy atom. The zero-order chi connectivity index (χ0) is 14.0. The molecule has 1 aliphatic carbocycles. The molecule has 0 aromatic carbocycles. The molecule has 2 rings (SSSR count). The first-order valence-electron chi connectivity index (χ1n) is 8.38. The van der Waals surface area contributed by atoms with Gasteiger partial charge in [0.1, 0.15) is 0 Å². The first-order valence-corrected chi connectivity index (χ1v) is 8.38. The topological polar surface area (TPSA) is 15.3 Å². The van der Waals surface area contributed by atoms with Crippen LogP contribution in [0.1, 0.15) is 66.7 Å². The summed E-state index contributed by atoms with van der Waals surface area (Å²) in [5.74, 6) is 1.73. The van der Waals surface area contributed by atoms with E-state index in [1.54, 1.807) is 0 Å². The average molecular weight is 266 g/mol. The molecule has 0 aromatic heterocycles. The Morgan fingerprint density at radius 3 is 2.63 bits per heavy atom. The molecule has 1 N–H and O–H groups in total. The number of piperazine rings is 1. The van der Waals surface area contributed by atoms with Crippen LogP contribution in [0.4, 0.5) is 0 Å². The molecule has 3 unspecified atom stereocenters. The zero-order valence-electron chi connectivity index (χ0n) is 13.7. The molecule has 2 nitrogen and oxygen atoms in total. The van der Waals surface area contributed by atoms with Crippen molar-refractivity contribution in [3.63, 3.8) is 0 Å². The Balaban J connectivity index is 2.05. The molecule has 0 aromatic rings. The molecule has 3 atom stereocenters. The highest BCUT2D eigenvalue weighted by Crippen LogP contribution is 2.32. The number of nitrogens with one attached hydrogen (secondary N) is 1. The third-order valence-corrected chi connectivity index (χ3v) is 4.98. The summed E-state index contributed by atoms with van der Waals surface area (Å²) in [6.07, 6.45) is 7.07. The van der Waals surface area contributed by atoms with Crippen LogP contribution in [0, 0.1) is 11.8 Å². The monoisotopic (exact) mass is 266 g/mol. The van der Waals surface area contributed by atoms with Crippen LogP contribution in [-0.4, -0.2) is 35.6 Å². The minimum absolute atomic E-state index is 0.286. The van der Waals surface area contributed by atoms with Crippen LogP contribution in [0.15, 0.2) is 0 Å². The summed E-state index contributed by atoms with van der Waals surface area (Å²) in [6, 6.07) is 1.59. The van der Waals surface area contributed by atoms with E-state index in [9.17, 15) is 0 Å². The number of hydrogen-bond donors (Lipinski definition) is 1. The summed E-state index contributed by atoms with van der Waals surface area (Å²) in [7, 11) is 0. The van der Waals surface area contributed by atoms with Gasteiger partial charge in [0.2, 0.25) is 0 Å². The molecule has 2 fully saturated rings. The van der Waals surface area contributed by atoms with Gasteiger partial charge >= 0.3 is 0 Å². The molecule has 0 amide bonds. The lowest BCUT2D eigenvalue weighted by atomic mass is 9.83. The van der Waals surface area contributed by atoms with E-state index in [1.165, 1.54) is 45.2 Å². The number of nitrogens with zero attached hydrogens (tertiary/aromatic N) is 1. The van der Waals surface area contributed by atoms with Crippen molar-refractivity contribution < 1.29 is 0 Å². The van der Waals surface area contributed by atoms with Crippen LogP contribution in [0.2, 0.25) is 0 Å². The van der Waals surface area contributed by atoms with Crippen molar-refractivity contribution >= 4 is 0 Å². The SMILES string of the molecule is CC(C)CC1CNC(C)(C)CN1C1CCCC(C)C1. The molecule has 1 aliphatic heterocycles. The van der Waals surface area contributed by atoms with Crippen molar-refractivity contribution in [3.05, 3.63) is 0 Å². The van der Waals surface area contributed by atoms with Crippen LogP contribution in [-0.2, 0) is 0 Å². The summed E-state index contributed by atoms with van der Waals surface area (Å²) < 4.78 is 0. The fraction of sp³-hybridized carbons (Fsp3) is 1.00. The van der Waals surface area contributed by atoms with Gasteiger partial charge in [0, 0.05) is 30.7 Å². The van der Waals surface area contributed by atoms with E-state index in [0.717, 1.165) is 23.9 Å². The normalized spacial score (nSPS) is 36.6. The maximum atomic E-state index is 3.75. The lowest BCUT2D eigenvalue weighted by Crippen LogP contribution is -2.64. The van der Waals surface area contributed by atoms with Gasteiger partial charge in [-0.3, -0.25) is 4.90 Å². The Hall–Kier alpha value is -0.0800. The standard InChI is InChI=1S/C17H34N2/c1-13(2)9-16-11-18-17(4,5)12-19(16)15-8-6-7-14(3)10-15/h13-16,18H,6-12H2,1-5H3. The van der Waals surface area contributed by atoms with Gasteiger partial charge in [-0.1, -0.05) is 33.6 Å². The highest BCUT2D eigenvalue weighted by atomic mass is 15.3. The second kappa shape index (κ2) is 6.13. The Kier molecular flexibility index (Phi) is 4.94. The molecule has 0 bridgehead atoms. The number of hydrogen-bond acceptors (Lipinski definition) is 2. The second-order valence-electron chi connectivity index (χ2n) is 8.15. The highest BCUT2D eigenvalue weighted by Gasteiger charge is 2.37. The summed E-state index contributed by atoms with van der Waals surface area (Å²) in [6.45, 7) is 14.3. The molecule has 1 heterocycles. The van der Waals surface area contributed by atoms with Crippen LogP contribution >= 0.6 is 0 Å². The zero-order valence-corrected chi connectivity index (χ0v) is 13.7. The van der Waals surface area contributed by atoms with Gasteiger partial charge in [0.05, 0.1) is 0 Å². The summed E-state index contributed by atoms with van der Waals surface area (Å²) in [5, 5.41) is 3.75. The van der Waals surface area contributed by atoms with Crippen molar-refractivity contribution in [2.45, 2.75) is 84.3 Å². The maximum absolute atomic E-state index is 3.75. The predicted octanol–water partition coefficient (Wildman–Crippen LogP) is 3.66. The lowest BCUT2D eigenvalue weighted by molar-refractivity contribution is 0.0212. The van der Waals surface area contributed by atoms with Crippen LogP contribution in [0.3, 0.4) is 0 Å². The third kappa shape index (κ3) is 4.19. The fourth-order valence-corrected chi connectivity index (χ4v) is 4.05. The van der Waals surface area contributed by atoms with Gasteiger partial charge < -0.3 is 5.32 Å². The lowest BCUT2D eigenvalue weighted by Gasteiger charge is -2.50. The first kappa shape index (κ1) is 15.3. The average Bonchev–Trinajstić information content (AvgIpc) is 2.31. The van der Waals surface area contributed by atoms with Crippen molar-refractivity contribution in [2.24, 2.45) is 11.8 Å².